The Hall–Kier alpha value is -3.46. The van der Waals surface area contributed by atoms with E-state index in [0.29, 0.717) is 39.4 Å². The zero-order valence-corrected chi connectivity index (χ0v) is 21.3. The van der Waals surface area contributed by atoms with Gasteiger partial charge < -0.3 is 14.8 Å². The van der Waals surface area contributed by atoms with Crippen LogP contribution in [-0.2, 0) is 16.2 Å². The molecule has 3 aromatic rings. The van der Waals surface area contributed by atoms with Crippen LogP contribution in [0, 0.1) is 0 Å². The van der Waals surface area contributed by atoms with Crippen molar-refractivity contribution in [2.75, 3.05) is 19.0 Å². The summed E-state index contributed by atoms with van der Waals surface area (Å²) in [6.45, 7) is -0.126. The number of amides is 3. The highest BCUT2D eigenvalue weighted by molar-refractivity contribution is 8.18. The summed E-state index contributed by atoms with van der Waals surface area (Å²) >= 11 is 12.8. The van der Waals surface area contributed by atoms with Gasteiger partial charge in [0.05, 0.1) is 17.0 Å². The molecule has 4 rings (SSSR count). The van der Waals surface area contributed by atoms with Gasteiger partial charge in [0.1, 0.15) is 24.7 Å². The van der Waals surface area contributed by atoms with E-state index in [9.17, 15) is 14.4 Å². The van der Waals surface area contributed by atoms with Crippen molar-refractivity contribution >= 4 is 63.8 Å². The van der Waals surface area contributed by atoms with Crippen LogP contribution in [0.2, 0.25) is 10.0 Å². The lowest BCUT2D eigenvalue weighted by Gasteiger charge is -2.13. The van der Waals surface area contributed by atoms with E-state index in [0.717, 1.165) is 22.2 Å². The van der Waals surface area contributed by atoms with Crippen molar-refractivity contribution in [2.24, 2.45) is 0 Å². The van der Waals surface area contributed by atoms with E-state index in [1.807, 2.05) is 18.2 Å². The Morgan fingerprint density at radius 1 is 1.03 bits per heavy atom. The van der Waals surface area contributed by atoms with Crippen LogP contribution in [0.15, 0.2) is 71.6 Å². The van der Waals surface area contributed by atoms with E-state index in [4.69, 9.17) is 32.7 Å². The first-order chi connectivity index (χ1) is 17.3. The molecule has 0 saturated carbocycles. The van der Waals surface area contributed by atoms with E-state index in [2.05, 4.69) is 5.32 Å². The molecule has 1 N–H and O–H groups in total. The number of carbonyl (C=O) groups excluding carboxylic acids is 3. The maximum absolute atomic E-state index is 12.9. The fourth-order valence-corrected chi connectivity index (χ4v) is 4.55. The number of ether oxygens (including phenoxy) is 2. The Balaban J connectivity index is 1.43. The minimum absolute atomic E-state index is 0.197. The number of hydrogen-bond donors (Lipinski definition) is 1. The van der Waals surface area contributed by atoms with Gasteiger partial charge in [-0.3, -0.25) is 19.3 Å². The summed E-state index contributed by atoms with van der Waals surface area (Å²) in [4.78, 5) is 39.0. The molecule has 1 saturated heterocycles. The predicted octanol–water partition coefficient (Wildman–Crippen LogP) is 6.26. The molecule has 0 aliphatic carbocycles. The van der Waals surface area contributed by atoms with E-state index >= 15 is 0 Å². The molecule has 7 nitrogen and oxygen atoms in total. The Labute approximate surface area is 222 Å². The second-order valence-corrected chi connectivity index (χ2v) is 9.46. The van der Waals surface area contributed by atoms with Crippen LogP contribution in [0.3, 0.4) is 0 Å². The Morgan fingerprint density at radius 3 is 2.50 bits per heavy atom. The van der Waals surface area contributed by atoms with Crippen LogP contribution in [0.25, 0.3) is 6.08 Å². The standard InChI is InChI=1S/C26H20Cl2N2O5S/c1-34-22-11-10-19(13-20(22)28)29-24(31)14-30-25(32)23(36-26(30)33)12-17-4-2-3-5-21(17)35-15-16-6-8-18(27)9-7-16/h2-13H,14-15H2,1H3,(H,29,31)/b23-12+. The highest BCUT2D eigenvalue weighted by atomic mass is 35.5. The molecule has 1 fully saturated rings. The average molecular weight is 543 g/mol. The van der Waals surface area contributed by atoms with Crippen LogP contribution in [0.5, 0.6) is 11.5 Å². The van der Waals surface area contributed by atoms with E-state index in [-0.39, 0.29) is 4.91 Å². The minimum Gasteiger partial charge on any atom is -0.495 e. The maximum atomic E-state index is 12.9. The van der Waals surface area contributed by atoms with E-state index in [1.165, 1.54) is 13.2 Å². The van der Waals surface area contributed by atoms with Crippen molar-refractivity contribution in [3.05, 3.63) is 92.8 Å². The van der Waals surface area contributed by atoms with Gasteiger partial charge in [0.25, 0.3) is 11.1 Å². The smallest absolute Gasteiger partial charge is 0.294 e. The Kier molecular flexibility index (Phi) is 8.20. The van der Waals surface area contributed by atoms with Gasteiger partial charge in [-0.05, 0) is 59.8 Å². The molecule has 184 valence electrons. The molecule has 1 heterocycles. The molecule has 10 heteroatoms. The van der Waals surface area contributed by atoms with Crippen molar-refractivity contribution < 1.29 is 23.9 Å². The van der Waals surface area contributed by atoms with Gasteiger partial charge in [-0.15, -0.1) is 0 Å². The van der Waals surface area contributed by atoms with Gasteiger partial charge in [-0.1, -0.05) is 53.5 Å². The molecule has 0 unspecified atom stereocenters. The SMILES string of the molecule is COc1ccc(NC(=O)CN2C(=O)S/C(=C/c3ccccc3OCc3ccc(Cl)cc3)C2=O)cc1Cl. The third-order valence-corrected chi connectivity index (χ3v) is 6.58. The molecule has 36 heavy (non-hydrogen) atoms. The molecule has 0 bridgehead atoms. The van der Waals surface area contributed by atoms with Crippen LogP contribution in [0.4, 0.5) is 10.5 Å². The number of imide groups is 1. The summed E-state index contributed by atoms with van der Waals surface area (Å²) in [6, 6.07) is 19.2. The summed E-state index contributed by atoms with van der Waals surface area (Å²) in [5, 5.41) is 3.05. The second-order valence-electron chi connectivity index (χ2n) is 7.62. The van der Waals surface area contributed by atoms with Crippen LogP contribution in [0.1, 0.15) is 11.1 Å². The molecular formula is C26H20Cl2N2O5S. The first-order valence-electron chi connectivity index (χ1n) is 10.7. The average Bonchev–Trinajstić information content (AvgIpc) is 3.12. The fraction of sp³-hybridized carbons (Fsp3) is 0.115. The molecule has 0 radical (unpaired) electrons. The van der Waals surface area contributed by atoms with Gasteiger partial charge in [-0.25, -0.2) is 0 Å². The number of carbonyl (C=O) groups is 3. The molecule has 0 atom stereocenters. The number of halogens is 2. The van der Waals surface area contributed by atoms with Crippen molar-refractivity contribution in [1.82, 2.24) is 4.90 Å². The normalized spacial score (nSPS) is 14.3. The third-order valence-electron chi connectivity index (χ3n) is 5.12. The van der Waals surface area contributed by atoms with Gasteiger partial charge in [0, 0.05) is 16.3 Å². The number of thioether (sulfide) groups is 1. The van der Waals surface area contributed by atoms with Gasteiger partial charge in [0.2, 0.25) is 5.91 Å². The molecule has 0 spiro atoms. The number of anilines is 1. The highest BCUT2D eigenvalue weighted by Gasteiger charge is 2.36. The number of rotatable bonds is 8. The first kappa shape index (κ1) is 25.6. The molecular weight excluding hydrogens is 523 g/mol. The Morgan fingerprint density at radius 2 is 1.78 bits per heavy atom. The van der Waals surface area contributed by atoms with Crippen molar-refractivity contribution in [2.45, 2.75) is 6.61 Å². The first-order valence-corrected chi connectivity index (χ1v) is 12.3. The lowest BCUT2D eigenvalue weighted by molar-refractivity contribution is -0.127. The minimum atomic E-state index is -0.555. The number of nitrogens with one attached hydrogen (secondary N) is 1. The quantitative estimate of drug-likeness (QED) is 0.338. The number of nitrogens with zero attached hydrogens (tertiary/aromatic N) is 1. The third kappa shape index (κ3) is 6.20. The summed E-state index contributed by atoms with van der Waals surface area (Å²) < 4.78 is 11.0. The summed E-state index contributed by atoms with van der Waals surface area (Å²) in [5.74, 6) is -0.0801. The summed E-state index contributed by atoms with van der Waals surface area (Å²) in [7, 11) is 1.48. The number of para-hydroxylation sites is 1. The number of benzene rings is 3. The van der Waals surface area contributed by atoms with Crippen LogP contribution in [-0.4, -0.2) is 35.6 Å². The summed E-state index contributed by atoms with van der Waals surface area (Å²) in [6.07, 6.45) is 1.59. The van der Waals surface area contributed by atoms with Gasteiger partial charge in [-0.2, -0.15) is 0 Å². The van der Waals surface area contributed by atoms with E-state index in [1.54, 1.807) is 48.5 Å². The molecule has 3 amide bonds. The lowest BCUT2D eigenvalue weighted by Crippen LogP contribution is -2.36. The molecule has 1 aliphatic rings. The maximum Gasteiger partial charge on any atom is 0.294 e. The van der Waals surface area contributed by atoms with E-state index < -0.39 is 23.6 Å². The van der Waals surface area contributed by atoms with Crippen LogP contribution >= 0.6 is 35.0 Å². The molecule has 0 aromatic heterocycles. The topological polar surface area (TPSA) is 84.9 Å². The highest BCUT2D eigenvalue weighted by Crippen LogP contribution is 2.34. The van der Waals surface area contributed by atoms with Crippen LogP contribution < -0.4 is 14.8 Å². The van der Waals surface area contributed by atoms with Gasteiger partial charge in [0.15, 0.2) is 0 Å². The number of hydrogen-bond acceptors (Lipinski definition) is 6. The zero-order valence-electron chi connectivity index (χ0n) is 19.0. The number of methoxy groups -OCH3 is 1. The Bertz CT molecular complexity index is 1340. The van der Waals surface area contributed by atoms with Crippen molar-refractivity contribution in [1.29, 1.82) is 0 Å². The molecule has 3 aromatic carbocycles. The second kappa shape index (κ2) is 11.5. The molecule has 1 aliphatic heterocycles. The van der Waals surface area contributed by atoms with Crippen molar-refractivity contribution in [3.8, 4) is 11.5 Å². The van der Waals surface area contributed by atoms with Gasteiger partial charge >= 0.3 is 0 Å². The predicted molar refractivity (Wildman–Crippen MR) is 142 cm³/mol. The monoisotopic (exact) mass is 542 g/mol. The fourth-order valence-electron chi connectivity index (χ4n) is 3.34. The lowest BCUT2D eigenvalue weighted by atomic mass is 10.1. The largest absolute Gasteiger partial charge is 0.495 e. The summed E-state index contributed by atoms with van der Waals surface area (Å²) in [5.41, 5.74) is 1.98. The van der Waals surface area contributed by atoms with Crippen molar-refractivity contribution in [3.63, 3.8) is 0 Å². The zero-order chi connectivity index (χ0) is 25.7.